The SMILES string of the molecule is CC1(C)c2cc(N(c3ccc4c(c3)C(C)(C)c3c5c(c6oc7ccccc7c6c3-4)-c3ccccc3C5(C)C)c3ccc4c(c3)oc3ccccc34)ccc2-c2c1cc(-c1ccccc1)c1oc3ccccc3c21. The summed E-state index contributed by atoms with van der Waals surface area (Å²) in [6.45, 7) is 14.5. The molecule has 0 saturated heterocycles. The van der Waals surface area contributed by atoms with Gasteiger partial charge in [0.1, 0.15) is 33.5 Å². The van der Waals surface area contributed by atoms with Crippen LogP contribution in [0.2, 0.25) is 0 Å². The molecule has 0 aliphatic heterocycles. The second-order valence-electron chi connectivity index (χ2n) is 22.3. The summed E-state index contributed by atoms with van der Waals surface area (Å²) >= 11 is 0. The van der Waals surface area contributed by atoms with Crippen molar-refractivity contribution in [2.24, 2.45) is 0 Å². The van der Waals surface area contributed by atoms with Gasteiger partial charge in [-0.05, 0) is 127 Å². The van der Waals surface area contributed by atoms with E-state index in [9.17, 15) is 0 Å². The van der Waals surface area contributed by atoms with Crippen LogP contribution in [0, 0.1) is 0 Å². The summed E-state index contributed by atoms with van der Waals surface area (Å²) < 4.78 is 20.5. The molecule has 73 heavy (non-hydrogen) atoms. The molecule has 4 nitrogen and oxygen atoms in total. The third kappa shape index (κ3) is 5.20. The summed E-state index contributed by atoms with van der Waals surface area (Å²) in [6, 6.07) is 68.7. The highest BCUT2D eigenvalue weighted by Crippen LogP contribution is 2.64. The van der Waals surface area contributed by atoms with Crippen LogP contribution in [-0.2, 0) is 16.2 Å². The number of benzene rings is 10. The van der Waals surface area contributed by atoms with Crippen molar-refractivity contribution in [1.29, 1.82) is 0 Å². The molecule has 10 aromatic carbocycles. The van der Waals surface area contributed by atoms with Gasteiger partial charge in [-0.15, -0.1) is 0 Å². The smallest absolute Gasteiger partial charge is 0.144 e. The number of nitrogens with zero attached hydrogens (tertiary/aromatic N) is 1. The van der Waals surface area contributed by atoms with Crippen LogP contribution >= 0.6 is 0 Å². The summed E-state index contributed by atoms with van der Waals surface area (Å²) in [7, 11) is 0. The van der Waals surface area contributed by atoms with Crippen molar-refractivity contribution in [3.63, 3.8) is 0 Å². The van der Waals surface area contributed by atoms with Crippen molar-refractivity contribution in [1.82, 2.24) is 0 Å². The molecular weight excluding hydrogens is 891 g/mol. The minimum absolute atomic E-state index is 0.246. The topological polar surface area (TPSA) is 42.7 Å². The average molecular weight is 940 g/mol. The minimum atomic E-state index is -0.359. The van der Waals surface area contributed by atoms with E-state index < -0.39 is 0 Å². The third-order valence-corrected chi connectivity index (χ3v) is 17.4. The highest BCUT2D eigenvalue weighted by molar-refractivity contribution is 6.22. The summed E-state index contributed by atoms with van der Waals surface area (Å²) in [5.74, 6) is 0. The molecule has 0 unspecified atom stereocenters. The first-order valence-electron chi connectivity index (χ1n) is 25.7. The fourth-order valence-corrected chi connectivity index (χ4v) is 14.0. The Hall–Kier alpha value is -8.60. The highest BCUT2D eigenvalue weighted by atomic mass is 16.3. The lowest BCUT2D eigenvalue weighted by atomic mass is 9.72. The van der Waals surface area contributed by atoms with Gasteiger partial charge in [0.2, 0.25) is 0 Å². The van der Waals surface area contributed by atoms with Crippen LogP contribution in [0.15, 0.2) is 201 Å². The molecule has 0 atom stereocenters. The van der Waals surface area contributed by atoms with Crippen LogP contribution in [-0.4, -0.2) is 0 Å². The van der Waals surface area contributed by atoms with E-state index in [-0.39, 0.29) is 16.2 Å². The Balaban J connectivity index is 0.937. The normalized spacial score (nSPS) is 15.3. The maximum absolute atomic E-state index is 7.01. The fourth-order valence-electron chi connectivity index (χ4n) is 14.0. The van der Waals surface area contributed by atoms with Crippen LogP contribution < -0.4 is 4.90 Å². The highest BCUT2D eigenvalue weighted by Gasteiger charge is 2.49. The molecule has 16 rings (SSSR count). The summed E-state index contributed by atoms with van der Waals surface area (Å²) in [5, 5.41) is 6.91. The van der Waals surface area contributed by atoms with Crippen molar-refractivity contribution < 1.29 is 13.3 Å². The van der Waals surface area contributed by atoms with Crippen LogP contribution in [0.1, 0.15) is 74.9 Å². The van der Waals surface area contributed by atoms with Gasteiger partial charge in [0.25, 0.3) is 0 Å². The molecule has 3 aliphatic carbocycles. The van der Waals surface area contributed by atoms with E-state index in [1.54, 1.807) is 0 Å². The quantitative estimate of drug-likeness (QED) is 0.176. The Labute approximate surface area is 422 Å². The van der Waals surface area contributed by atoms with Gasteiger partial charge in [-0.1, -0.05) is 163 Å². The maximum atomic E-state index is 7.01. The first-order valence-corrected chi connectivity index (χ1v) is 25.7. The van der Waals surface area contributed by atoms with Crippen molar-refractivity contribution in [3.05, 3.63) is 221 Å². The van der Waals surface area contributed by atoms with E-state index in [0.29, 0.717) is 0 Å². The van der Waals surface area contributed by atoms with Gasteiger partial charge >= 0.3 is 0 Å². The van der Waals surface area contributed by atoms with Crippen molar-refractivity contribution in [2.45, 2.75) is 57.8 Å². The molecule has 0 saturated carbocycles. The molecule has 0 spiro atoms. The van der Waals surface area contributed by atoms with Crippen molar-refractivity contribution >= 4 is 82.9 Å². The minimum Gasteiger partial charge on any atom is -0.456 e. The molecule has 0 bridgehead atoms. The van der Waals surface area contributed by atoms with Gasteiger partial charge in [0, 0.05) is 82.8 Å². The fraction of sp³-hybridized carbons (Fsp3) is 0.130. The van der Waals surface area contributed by atoms with Crippen LogP contribution in [0.3, 0.4) is 0 Å². The number of rotatable bonds is 4. The van der Waals surface area contributed by atoms with E-state index in [1.807, 2.05) is 6.07 Å². The Morgan fingerprint density at radius 3 is 1.52 bits per heavy atom. The van der Waals surface area contributed by atoms with Crippen LogP contribution in [0.25, 0.3) is 110 Å². The lowest BCUT2D eigenvalue weighted by Crippen LogP contribution is -2.24. The number of hydrogen-bond donors (Lipinski definition) is 0. The maximum Gasteiger partial charge on any atom is 0.144 e. The van der Waals surface area contributed by atoms with Gasteiger partial charge in [-0.2, -0.15) is 0 Å². The van der Waals surface area contributed by atoms with Gasteiger partial charge in [0.15, 0.2) is 0 Å². The number of fused-ring (bicyclic) bond motifs is 22. The monoisotopic (exact) mass is 939 g/mol. The first-order chi connectivity index (χ1) is 35.5. The zero-order valence-corrected chi connectivity index (χ0v) is 41.6. The molecular formula is C69H49NO3. The lowest BCUT2D eigenvalue weighted by molar-refractivity contribution is 0.600. The summed E-state index contributed by atoms with van der Waals surface area (Å²) in [4.78, 5) is 2.45. The van der Waals surface area contributed by atoms with Gasteiger partial charge in [-0.3, -0.25) is 0 Å². The van der Waals surface area contributed by atoms with Gasteiger partial charge < -0.3 is 18.2 Å². The molecule has 4 heteroatoms. The van der Waals surface area contributed by atoms with Crippen molar-refractivity contribution in [3.8, 4) is 44.5 Å². The molecule has 3 aromatic heterocycles. The average Bonchev–Trinajstić information content (AvgIpc) is 4.36. The summed E-state index contributed by atoms with van der Waals surface area (Å²) in [5.41, 5.74) is 25.6. The molecule has 0 N–H and O–H groups in total. The van der Waals surface area contributed by atoms with E-state index in [4.69, 9.17) is 13.3 Å². The van der Waals surface area contributed by atoms with E-state index >= 15 is 0 Å². The summed E-state index contributed by atoms with van der Waals surface area (Å²) in [6.07, 6.45) is 0. The zero-order valence-electron chi connectivity index (χ0n) is 41.6. The van der Waals surface area contributed by atoms with E-state index in [2.05, 4.69) is 228 Å². The lowest BCUT2D eigenvalue weighted by Gasteiger charge is -2.32. The van der Waals surface area contributed by atoms with Crippen LogP contribution in [0.4, 0.5) is 17.1 Å². The molecule has 3 aliphatic rings. The second-order valence-corrected chi connectivity index (χ2v) is 22.3. The molecule has 0 amide bonds. The Morgan fingerprint density at radius 1 is 0.315 bits per heavy atom. The predicted octanol–water partition coefficient (Wildman–Crippen LogP) is 19.4. The molecule has 348 valence electrons. The molecule has 13 aromatic rings. The van der Waals surface area contributed by atoms with Crippen molar-refractivity contribution in [2.75, 3.05) is 4.90 Å². The third-order valence-electron chi connectivity index (χ3n) is 17.4. The van der Waals surface area contributed by atoms with Gasteiger partial charge in [-0.25, -0.2) is 0 Å². The Kier molecular flexibility index (Phi) is 7.80. The first kappa shape index (κ1) is 41.1. The second kappa shape index (κ2) is 13.9. The number of hydrogen-bond acceptors (Lipinski definition) is 4. The predicted molar refractivity (Wildman–Crippen MR) is 301 cm³/mol. The zero-order chi connectivity index (χ0) is 48.9. The standard InChI is InChI=1S/C69H49NO3/c1-67(2)51-34-39(29-32-45(51)58-53(67)37-49(38-18-8-7-9-19-38)65-60(58)47-22-12-16-26-55(47)72-65)70(41-28-31-43-42-20-11-15-25-54(42)71-57(43)36-41)40-30-33-46-52(35-40)69(5,6)63-59(46)61-48-23-13-17-27-56(48)73-66(61)62-44-21-10-14-24-50(44)68(3,4)64(62)63/h7-37H,1-6H3. The Bertz CT molecular complexity index is 4590. The number of para-hydroxylation sites is 3. The number of furan rings is 3. The van der Waals surface area contributed by atoms with Gasteiger partial charge in [0.05, 0.1) is 0 Å². The largest absolute Gasteiger partial charge is 0.456 e. The molecule has 0 radical (unpaired) electrons. The van der Waals surface area contributed by atoms with E-state index in [0.717, 1.165) is 83.2 Å². The molecule has 3 heterocycles. The van der Waals surface area contributed by atoms with E-state index in [1.165, 1.54) is 77.5 Å². The molecule has 0 fully saturated rings. The number of anilines is 3. The van der Waals surface area contributed by atoms with Crippen LogP contribution in [0.5, 0.6) is 0 Å². The Morgan fingerprint density at radius 2 is 0.808 bits per heavy atom.